The number of nitrogens with one attached hydrogen (secondary N) is 2. The molecule has 0 atom stereocenters. The van der Waals surface area contributed by atoms with Crippen LogP contribution in [-0.4, -0.2) is 28.2 Å². The smallest absolute Gasteiger partial charge is 0.350 e. The summed E-state index contributed by atoms with van der Waals surface area (Å²) in [5.74, 6) is -0.0704. The zero-order valence-electron chi connectivity index (χ0n) is 17.2. The molecule has 162 valence electrons. The first-order valence-electron chi connectivity index (χ1n) is 9.92. The van der Waals surface area contributed by atoms with E-state index in [-0.39, 0.29) is 13.2 Å². The average molecular weight is 449 g/mol. The fourth-order valence-corrected chi connectivity index (χ4v) is 3.88. The van der Waals surface area contributed by atoms with Crippen LogP contribution < -0.4 is 16.3 Å². The predicted octanol–water partition coefficient (Wildman–Crippen LogP) is 4.33. The van der Waals surface area contributed by atoms with Crippen molar-refractivity contribution in [2.24, 2.45) is 0 Å². The molecule has 0 aliphatic heterocycles. The van der Waals surface area contributed by atoms with Gasteiger partial charge in [-0.05, 0) is 54.8 Å². The maximum atomic E-state index is 12.8. The lowest BCUT2D eigenvalue weighted by molar-refractivity contribution is 0.0526. The molecule has 2 aromatic heterocycles. The molecule has 2 aromatic carbocycles. The van der Waals surface area contributed by atoms with Crippen molar-refractivity contribution in [3.63, 3.8) is 0 Å². The molecule has 0 aliphatic carbocycles. The number of ether oxygens (including phenoxy) is 1. The van der Waals surface area contributed by atoms with Crippen LogP contribution in [0.25, 0.3) is 10.9 Å². The molecule has 2 heterocycles. The zero-order valence-corrected chi connectivity index (χ0v) is 18.0. The van der Waals surface area contributed by atoms with Crippen LogP contribution in [0.1, 0.15) is 22.2 Å². The van der Waals surface area contributed by atoms with Crippen LogP contribution in [0.2, 0.25) is 0 Å². The Morgan fingerprint density at radius 2 is 1.81 bits per heavy atom. The van der Waals surface area contributed by atoms with E-state index in [1.807, 2.05) is 23.6 Å². The second-order valence-electron chi connectivity index (χ2n) is 6.80. The fraction of sp³-hybridized carbons (Fsp3) is 0.130. The van der Waals surface area contributed by atoms with E-state index in [0.717, 1.165) is 4.88 Å². The van der Waals surface area contributed by atoms with E-state index < -0.39 is 17.7 Å². The van der Waals surface area contributed by atoms with Crippen molar-refractivity contribution in [2.45, 2.75) is 13.5 Å². The minimum absolute atomic E-state index is 0.286. The number of hydrogen-bond acceptors (Lipinski definition) is 6. The van der Waals surface area contributed by atoms with E-state index in [1.165, 1.54) is 15.9 Å². The summed E-state index contributed by atoms with van der Waals surface area (Å²) >= 11 is 1.52. The molecule has 4 aromatic rings. The highest BCUT2D eigenvalue weighted by Crippen LogP contribution is 2.22. The average Bonchev–Trinajstić information content (AvgIpc) is 3.30. The van der Waals surface area contributed by atoms with Crippen molar-refractivity contribution >= 4 is 45.7 Å². The van der Waals surface area contributed by atoms with Gasteiger partial charge in [0.25, 0.3) is 0 Å². The molecule has 4 rings (SSSR count). The molecule has 32 heavy (non-hydrogen) atoms. The molecule has 0 saturated heterocycles. The zero-order chi connectivity index (χ0) is 22.5. The van der Waals surface area contributed by atoms with Crippen molar-refractivity contribution in [3.05, 3.63) is 87.0 Å². The van der Waals surface area contributed by atoms with Crippen LogP contribution in [0.4, 0.5) is 16.3 Å². The monoisotopic (exact) mass is 448 g/mol. The third-order valence-electron chi connectivity index (χ3n) is 4.66. The number of nitrogens with zero attached hydrogens (tertiary/aromatic N) is 2. The lowest BCUT2D eigenvalue weighted by Gasteiger charge is -2.16. The van der Waals surface area contributed by atoms with E-state index >= 15 is 0 Å². The summed E-state index contributed by atoms with van der Waals surface area (Å²) in [5, 5.41) is 8.10. The topological polar surface area (TPSA) is 102 Å². The van der Waals surface area contributed by atoms with E-state index in [2.05, 4.69) is 15.6 Å². The second kappa shape index (κ2) is 9.44. The highest BCUT2D eigenvalue weighted by atomic mass is 32.1. The highest BCUT2D eigenvalue weighted by molar-refractivity contribution is 7.09. The molecule has 0 bridgehead atoms. The molecule has 9 heteroatoms. The van der Waals surface area contributed by atoms with Gasteiger partial charge in [-0.2, -0.15) is 4.98 Å². The van der Waals surface area contributed by atoms with Gasteiger partial charge in [0.1, 0.15) is 5.82 Å². The summed E-state index contributed by atoms with van der Waals surface area (Å²) in [6.07, 6.45) is 0. The Morgan fingerprint density at radius 1 is 1.03 bits per heavy atom. The molecule has 2 N–H and O–H groups in total. The van der Waals surface area contributed by atoms with Crippen LogP contribution in [0, 0.1) is 0 Å². The van der Waals surface area contributed by atoms with Gasteiger partial charge in [-0.3, -0.25) is 9.88 Å². The Morgan fingerprint density at radius 3 is 2.53 bits per heavy atom. The highest BCUT2D eigenvalue weighted by Gasteiger charge is 2.15. The number of thiophene rings is 1. The number of carbonyl (C=O) groups is 2. The lowest BCUT2D eigenvalue weighted by Crippen LogP contribution is -2.30. The summed E-state index contributed by atoms with van der Waals surface area (Å²) in [5.41, 5.74) is 0.920. The lowest BCUT2D eigenvalue weighted by atomic mass is 10.2. The quantitative estimate of drug-likeness (QED) is 0.428. The minimum atomic E-state index is -0.524. The van der Waals surface area contributed by atoms with Crippen molar-refractivity contribution in [3.8, 4) is 0 Å². The molecule has 0 fully saturated rings. The molecule has 8 nitrogen and oxygen atoms in total. The van der Waals surface area contributed by atoms with Crippen LogP contribution in [0.5, 0.6) is 0 Å². The fourth-order valence-electron chi connectivity index (χ4n) is 3.19. The number of urea groups is 1. The Hall–Kier alpha value is -3.98. The number of benzene rings is 2. The van der Waals surface area contributed by atoms with Gasteiger partial charge in [0.15, 0.2) is 0 Å². The number of amides is 2. The maximum absolute atomic E-state index is 12.8. The second-order valence-corrected chi connectivity index (χ2v) is 7.83. The Bertz CT molecular complexity index is 1310. The first-order valence-corrected chi connectivity index (χ1v) is 10.8. The van der Waals surface area contributed by atoms with Gasteiger partial charge in [-0.1, -0.05) is 18.2 Å². The normalized spacial score (nSPS) is 10.7. The third kappa shape index (κ3) is 4.68. The summed E-state index contributed by atoms with van der Waals surface area (Å²) in [6.45, 7) is 2.31. The Labute approximate surface area is 187 Å². The summed E-state index contributed by atoms with van der Waals surface area (Å²) in [7, 11) is 0. The Balaban J connectivity index is 1.61. The standard InChI is InChI=1S/C23H20N4O4S/c1-2-31-21(28)15-9-11-16(12-10-15)24-22(29)26-20-18-7-3-4-8-19(18)25-23(30)27(20)14-17-6-5-13-32-17/h3-13H,2,14H2,1H3,(H2,24,26,29). The van der Waals surface area contributed by atoms with Crippen LogP contribution in [0.15, 0.2) is 70.8 Å². The van der Waals surface area contributed by atoms with E-state index in [4.69, 9.17) is 4.74 Å². The number of carbonyl (C=O) groups excluding carboxylic acids is 2. The summed E-state index contributed by atoms with van der Waals surface area (Å²) in [6, 6.07) is 16.8. The van der Waals surface area contributed by atoms with E-state index in [1.54, 1.807) is 49.4 Å². The van der Waals surface area contributed by atoms with Crippen molar-refractivity contribution < 1.29 is 14.3 Å². The van der Waals surface area contributed by atoms with E-state index in [0.29, 0.717) is 28.0 Å². The molecular weight excluding hydrogens is 428 g/mol. The molecular formula is C23H20N4O4S. The maximum Gasteiger partial charge on any atom is 0.350 e. The van der Waals surface area contributed by atoms with E-state index in [9.17, 15) is 14.4 Å². The number of rotatable bonds is 6. The number of hydrogen-bond donors (Lipinski definition) is 2. The van der Waals surface area contributed by atoms with Crippen LogP contribution in [-0.2, 0) is 11.3 Å². The van der Waals surface area contributed by atoms with Crippen LogP contribution in [0.3, 0.4) is 0 Å². The molecule has 0 radical (unpaired) electrons. The number of para-hydroxylation sites is 1. The van der Waals surface area contributed by atoms with Gasteiger partial charge < -0.3 is 10.1 Å². The summed E-state index contributed by atoms with van der Waals surface area (Å²) in [4.78, 5) is 42.4. The molecule has 0 aliphatic rings. The van der Waals surface area contributed by atoms with Crippen LogP contribution >= 0.6 is 11.3 Å². The van der Waals surface area contributed by atoms with Gasteiger partial charge in [0.2, 0.25) is 0 Å². The summed E-state index contributed by atoms with van der Waals surface area (Å²) < 4.78 is 6.40. The molecule has 2 amide bonds. The van der Waals surface area contributed by atoms with Crippen molar-refractivity contribution in [2.75, 3.05) is 17.2 Å². The predicted molar refractivity (Wildman–Crippen MR) is 124 cm³/mol. The van der Waals surface area contributed by atoms with Gasteiger partial charge in [-0.25, -0.2) is 14.4 Å². The largest absolute Gasteiger partial charge is 0.462 e. The SMILES string of the molecule is CCOC(=O)c1ccc(NC(=O)Nc2c3ccccc3nc(=O)n2Cc2cccs2)cc1. The molecule has 0 unspecified atom stereocenters. The van der Waals surface area contributed by atoms with Crippen molar-refractivity contribution in [1.82, 2.24) is 9.55 Å². The van der Waals surface area contributed by atoms with Crippen molar-refractivity contribution in [1.29, 1.82) is 0 Å². The molecule has 0 spiro atoms. The Kier molecular flexibility index (Phi) is 6.27. The number of esters is 1. The number of fused-ring (bicyclic) bond motifs is 1. The third-order valence-corrected chi connectivity index (χ3v) is 5.52. The first-order chi connectivity index (χ1) is 15.5. The number of anilines is 2. The minimum Gasteiger partial charge on any atom is -0.462 e. The first kappa shape index (κ1) is 21.3. The van der Waals surface area contributed by atoms with Gasteiger partial charge in [0.05, 0.1) is 24.2 Å². The van der Waals surface area contributed by atoms with Gasteiger partial charge >= 0.3 is 17.7 Å². The number of aromatic nitrogens is 2. The van der Waals surface area contributed by atoms with Gasteiger partial charge in [-0.15, -0.1) is 11.3 Å². The molecule has 0 saturated carbocycles. The van der Waals surface area contributed by atoms with Gasteiger partial charge in [0, 0.05) is 16.0 Å².